The predicted octanol–water partition coefficient (Wildman–Crippen LogP) is 2.07. The van der Waals surface area contributed by atoms with Crippen LogP contribution in [0.1, 0.15) is 18.4 Å². The van der Waals surface area contributed by atoms with Crippen molar-refractivity contribution >= 4 is 11.9 Å². The zero-order valence-electron chi connectivity index (χ0n) is 10.4. The first kappa shape index (κ1) is 14.0. The fourth-order valence-electron chi connectivity index (χ4n) is 1.53. The van der Waals surface area contributed by atoms with Gasteiger partial charge in [0, 0.05) is 26.1 Å². The van der Waals surface area contributed by atoms with E-state index in [9.17, 15) is 9.59 Å². The number of allylic oxidation sites excluding steroid dienone is 1. The summed E-state index contributed by atoms with van der Waals surface area (Å²) in [6, 6.07) is 9.73. The minimum absolute atomic E-state index is 0.00823. The summed E-state index contributed by atoms with van der Waals surface area (Å²) in [5.74, 6) is -0.978. The molecule has 4 heteroatoms. The summed E-state index contributed by atoms with van der Waals surface area (Å²) < 4.78 is 0. The third-order valence-electron chi connectivity index (χ3n) is 2.47. The Balaban J connectivity index is 2.35. The van der Waals surface area contributed by atoms with E-state index in [0.717, 1.165) is 11.6 Å². The van der Waals surface area contributed by atoms with Gasteiger partial charge in [0.1, 0.15) is 0 Å². The van der Waals surface area contributed by atoms with Gasteiger partial charge in [0.15, 0.2) is 0 Å². The van der Waals surface area contributed by atoms with Crippen molar-refractivity contribution in [2.24, 2.45) is 0 Å². The number of benzene rings is 1. The maximum atomic E-state index is 11.7. The predicted molar refractivity (Wildman–Crippen MR) is 68.9 cm³/mol. The van der Waals surface area contributed by atoms with Gasteiger partial charge in [-0.1, -0.05) is 36.4 Å². The third-order valence-corrected chi connectivity index (χ3v) is 2.47. The SMILES string of the molecule is CN(Cc1ccccc1)C(=O)CCC=CC(=O)O. The van der Waals surface area contributed by atoms with Crippen LogP contribution in [0.4, 0.5) is 0 Å². The summed E-state index contributed by atoms with van der Waals surface area (Å²) in [6.07, 6.45) is 3.33. The van der Waals surface area contributed by atoms with E-state index >= 15 is 0 Å². The summed E-state index contributed by atoms with van der Waals surface area (Å²) in [4.78, 5) is 23.6. The summed E-state index contributed by atoms with van der Waals surface area (Å²) in [5, 5.41) is 8.40. The van der Waals surface area contributed by atoms with E-state index in [-0.39, 0.29) is 5.91 Å². The number of rotatable bonds is 6. The number of aliphatic carboxylic acids is 1. The first-order valence-corrected chi connectivity index (χ1v) is 5.77. The smallest absolute Gasteiger partial charge is 0.327 e. The van der Waals surface area contributed by atoms with Gasteiger partial charge >= 0.3 is 5.97 Å². The van der Waals surface area contributed by atoms with Gasteiger partial charge in [0.05, 0.1) is 0 Å². The first-order chi connectivity index (χ1) is 8.59. The largest absolute Gasteiger partial charge is 0.478 e. The molecule has 0 aliphatic rings. The molecule has 4 nitrogen and oxygen atoms in total. The van der Waals surface area contributed by atoms with Crippen LogP contribution in [0.5, 0.6) is 0 Å². The molecule has 0 fully saturated rings. The van der Waals surface area contributed by atoms with E-state index in [2.05, 4.69) is 0 Å². The zero-order valence-corrected chi connectivity index (χ0v) is 10.4. The number of hydrogen-bond acceptors (Lipinski definition) is 2. The lowest BCUT2D eigenvalue weighted by Crippen LogP contribution is -2.25. The van der Waals surface area contributed by atoms with Gasteiger partial charge in [0.25, 0.3) is 0 Å². The van der Waals surface area contributed by atoms with Gasteiger partial charge in [-0.25, -0.2) is 4.79 Å². The van der Waals surface area contributed by atoms with Crippen LogP contribution in [-0.2, 0) is 16.1 Å². The molecule has 0 unspecified atom stereocenters. The molecule has 0 atom stereocenters. The molecule has 96 valence electrons. The number of hydrogen-bond donors (Lipinski definition) is 1. The molecule has 1 amide bonds. The molecule has 0 heterocycles. The minimum atomic E-state index is -0.986. The van der Waals surface area contributed by atoms with Crippen LogP contribution in [0.25, 0.3) is 0 Å². The van der Waals surface area contributed by atoms with E-state index in [1.54, 1.807) is 11.9 Å². The molecular weight excluding hydrogens is 230 g/mol. The molecule has 0 bridgehead atoms. The second-order valence-electron chi connectivity index (χ2n) is 4.01. The molecule has 0 radical (unpaired) electrons. The van der Waals surface area contributed by atoms with Crippen LogP contribution in [-0.4, -0.2) is 28.9 Å². The summed E-state index contributed by atoms with van der Waals surface area (Å²) in [6.45, 7) is 0.572. The molecule has 1 N–H and O–H groups in total. The zero-order chi connectivity index (χ0) is 13.4. The van der Waals surface area contributed by atoms with E-state index in [1.165, 1.54) is 6.08 Å². The van der Waals surface area contributed by atoms with Crippen molar-refractivity contribution in [3.8, 4) is 0 Å². The number of carbonyl (C=O) groups excluding carboxylic acids is 1. The first-order valence-electron chi connectivity index (χ1n) is 5.77. The van der Waals surface area contributed by atoms with Crippen LogP contribution in [0.2, 0.25) is 0 Å². The normalized spacial score (nSPS) is 10.5. The fraction of sp³-hybridized carbons (Fsp3) is 0.286. The molecular formula is C14H17NO3. The second-order valence-corrected chi connectivity index (χ2v) is 4.01. The van der Waals surface area contributed by atoms with Gasteiger partial charge in [0.2, 0.25) is 5.91 Å². The van der Waals surface area contributed by atoms with Crippen molar-refractivity contribution in [2.75, 3.05) is 7.05 Å². The van der Waals surface area contributed by atoms with Crippen LogP contribution in [0.3, 0.4) is 0 Å². The van der Waals surface area contributed by atoms with Gasteiger partial charge < -0.3 is 10.0 Å². The highest BCUT2D eigenvalue weighted by molar-refractivity contribution is 5.80. The Labute approximate surface area is 107 Å². The van der Waals surface area contributed by atoms with E-state index in [4.69, 9.17) is 5.11 Å². The summed E-state index contributed by atoms with van der Waals surface area (Å²) in [7, 11) is 1.75. The summed E-state index contributed by atoms with van der Waals surface area (Å²) in [5.41, 5.74) is 1.08. The fourth-order valence-corrected chi connectivity index (χ4v) is 1.53. The van der Waals surface area contributed by atoms with Gasteiger partial charge in [-0.15, -0.1) is 0 Å². The average molecular weight is 247 g/mol. The lowest BCUT2D eigenvalue weighted by atomic mass is 10.2. The van der Waals surface area contributed by atoms with Crippen molar-refractivity contribution < 1.29 is 14.7 Å². The number of carbonyl (C=O) groups is 2. The van der Waals surface area contributed by atoms with Gasteiger partial charge in [-0.2, -0.15) is 0 Å². The average Bonchev–Trinajstić information content (AvgIpc) is 2.35. The van der Waals surface area contributed by atoms with Crippen molar-refractivity contribution in [3.63, 3.8) is 0 Å². The van der Waals surface area contributed by atoms with E-state index < -0.39 is 5.97 Å². The lowest BCUT2D eigenvalue weighted by molar-refractivity contribution is -0.132. The Bertz CT molecular complexity index is 426. The minimum Gasteiger partial charge on any atom is -0.478 e. The van der Waals surface area contributed by atoms with Crippen molar-refractivity contribution in [3.05, 3.63) is 48.0 Å². The highest BCUT2D eigenvalue weighted by atomic mass is 16.4. The molecule has 1 aromatic carbocycles. The second kappa shape index (κ2) is 7.27. The molecule has 0 aromatic heterocycles. The van der Waals surface area contributed by atoms with Crippen LogP contribution in [0, 0.1) is 0 Å². The standard InChI is InChI=1S/C14H17NO3/c1-15(11-12-7-3-2-4-8-12)13(16)9-5-6-10-14(17)18/h2-4,6-8,10H,5,9,11H2,1H3,(H,17,18). The monoisotopic (exact) mass is 247 g/mol. The van der Waals surface area contributed by atoms with Crippen molar-refractivity contribution in [1.82, 2.24) is 4.90 Å². The molecule has 1 aromatic rings. The topological polar surface area (TPSA) is 57.6 Å². The third kappa shape index (κ3) is 5.30. The van der Waals surface area contributed by atoms with Crippen LogP contribution >= 0.6 is 0 Å². The van der Waals surface area contributed by atoms with Crippen LogP contribution in [0.15, 0.2) is 42.5 Å². The van der Waals surface area contributed by atoms with Gasteiger partial charge in [-0.05, 0) is 12.0 Å². The Morgan fingerprint density at radius 2 is 1.94 bits per heavy atom. The molecule has 1 rings (SSSR count). The van der Waals surface area contributed by atoms with Crippen molar-refractivity contribution in [1.29, 1.82) is 0 Å². The lowest BCUT2D eigenvalue weighted by Gasteiger charge is -2.16. The maximum absolute atomic E-state index is 11.7. The van der Waals surface area contributed by atoms with Crippen molar-refractivity contribution in [2.45, 2.75) is 19.4 Å². The Kier molecular flexibility index (Phi) is 5.64. The molecule has 0 aliphatic carbocycles. The quantitative estimate of drug-likeness (QED) is 0.783. The molecule has 0 saturated carbocycles. The van der Waals surface area contributed by atoms with Crippen LogP contribution < -0.4 is 0 Å². The number of amides is 1. The Morgan fingerprint density at radius 3 is 2.56 bits per heavy atom. The number of carboxylic acids is 1. The van der Waals surface area contributed by atoms with E-state index in [1.807, 2.05) is 30.3 Å². The Hall–Kier alpha value is -2.10. The number of nitrogens with zero attached hydrogens (tertiary/aromatic N) is 1. The highest BCUT2D eigenvalue weighted by Gasteiger charge is 2.07. The highest BCUT2D eigenvalue weighted by Crippen LogP contribution is 2.05. The number of carboxylic acid groups (broad SMARTS) is 1. The maximum Gasteiger partial charge on any atom is 0.327 e. The van der Waals surface area contributed by atoms with Gasteiger partial charge in [-0.3, -0.25) is 4.79 Å². The van der Waals surface area contributed by atoms with E-state index in [0.29, 0.717) is 19.4 Å². The molecule has 18 heavy (non-hydrogen) atoms. The molecule has 0 spiro atoms. The molecule has 0 aliphatic heterocycles. The molecule has 0 saturated heterocycles. The Morgan fingerprint density at radius 1 is 1.28 bits per heavy atom. The summed E-state index contributed by atoms with van der Waals surface area (Å²) >= 11 is 0.